The van der Waals surface area contributed by atoms with Crippen molar-refractivity contribution in [3.05, 3.63) is 83.6 Å². The van der Waals surface area contributed by atoms with E-state index in [2.05, 4.69) is 25.8 Å². The second-order valence-corrected chi connectivity index (χ2v) is 9.71. The predicted molar refractivity (Wildman–Crippen MR) is 168 cm³/mol. The van der Waals surface area contributed by atoms with Crippen molar-refractivity contribution >= 4 is 30.2 Å². The largest absolute Gasteiger partial charge is 0.451 e. The lowest BCUT2D eigenvalue weighted by molar-refractivity contribution is -0.830. The number of hydrogen-bond donors (Lipinski definition) is 2. The van der Waals surface area contributed by atoms with Gasteiger partial charge >= 0.3 is 6.03 Å². The number of quaternary nitrogens is 1. The molecule has 0 saturated carbocycles. The van der Waals surface area contributed by atoms with Gasteiger partial charge in [-0.25, -0.2) is 4.79 Å². The van der Waals surface area contributed by atoms with Gasteiger partial charge in [0.2, 0.25) is 6.23 Å². The Balaban J connectivity index is 0.000000596. The minimum Gasteiger partial charge on any atom is -0.400 e. The molecule has 2 aromatic carbocycles. The zero-order valence-corrected chi connectivity index (χ0v) is 25.9. The van der Waals surface area contributed by atoms with Crippen LogP contribution in [0.1, 0.15) is 97.3 Å². The van der Waals surface area contributed by atoms with E-state index in [0.29, 0.717) is 23.7 Å². The molecule has 2 aliphatic rings. The first-order chi connectivity index (χ1) is 20.2. The number of nitrogens with two attached hydrogens (primary N) is 1. The van der Waals surface area contributed by atoms with E-state index >= 15 is 0 Å². The van der Waals surface area contributed by atoms with Crippen molar-refractivity contribution in [2.45, 2.75) is 78.6 Å². The van der Waals surface area contributed by atoms with E-state index in [1.807, 2.05) is 37.4 Å². The molecule has 3 atom stereocenters. The van der Waals surface area contributed by atoms with Gasteiger partial charge in [-0.2, -0.15) is 4.48 Å². The number of carbonyl (C=O) groups is 4. The number of nitrogens with zero attached hydrogens (tertiary/aromatic N) is 2. The Morgan fingerprint density at radius 2 is 1.52 bits per heavy atom. The van der Waals surface area contributed by atoms with Gasteiger partial charge in [0.05, 0.1) is 13.2 Å². The highest BCUT2D eigenvalue weighted by molar-refractivity contribution is 5.99. The van der Waals surface area contributed by atoms with Crippen molar-refractivity contribution in [1.82, 2.24) is 0 Å². The number of unbranched alkanes of at least 4 members (excludes halogenated alkanes) is 1. The third-order valence-corrected chi connectivity index (χ3v) is 6.19. The summed E-state index contributed by atoms with van der Waals surface area (Å²) in [4.78, 5) is 46.9. The first-order valence-corrected chi connectivity index (χ1v) is 14.3. The Hall–Kier alpha value is -3.79. The molecule has 9 heteroatoms. The highest BCUT2D eigenvalue weighted by atomic mass is 16.5. The number of aldehydes is 2. The SMILES string of the molecule is CC(=O)c1ccccc1.CCC.CCCCC1CCC([N+]2(C)C=CC(N)=NC2=O)O1.CO.O=Cc1ccccc1C=O. The summed E-state index contributed by atoms with van der Waals surface area (Å²) in [5.74, 6) is 0.395. The van der Waals surface area contributed by atoms with Crippen LogP contribution in [0.25, 0.3) is 0 Å². The summed E-state index contributed by atoms with van der Waals surface area (Å²) in [6, 6.07) is 15.6. The Bertz CT molecular complexity index is 1120. The van der Waals surface area contributed by atoms with Crippen molar-refractivity contribution in [3.8, 4) is 0 Å². The van der Waals surface area contributed by atoms with Gasteiger partial charge in [-0.15, -0.1) is 4.99 Å². The smallest absolute Gasteiger partial charge is 0.400 e. The van der Waals surface area contributed by atoms with E-state index in [1.54, 1.807) is 43.5 Å². The van der Waals surface area contributed by atoms with Gasteiger partial charge in [0.25, 0.3) is 0 Å². The van der Waals surface area contributed by atoms with E-state index in [-0.39, 0.29) is 34.5 Å². The third kappa shape index (κ3) is 13.2. The summed E-state index contributed by atoms with van der Waals surface area (Å²) in [7, 11) is 2.83. The molecule has 0 aliphatic carbocycles. The van der Waals surface area contributed by atoms with Crippen molar-refractivity contribution in [2.75, 3.05) is 14.2 Å². The van der Waals surface area contributed by atoms with Crippen LogP contribution >= 0.6 is 0 Å². The molecule has 4 rings (SSSR count). The molecule has 2 aliphatic heterocycles. The zero-order chi connectivity index (χ0) is 32.0. The zero-order valence-electron chi connectivity index (χ0n) is 25.9. The minimum atomic E-state index is -0.240. The number of benzene rings is 2. The van der Waals surface area contributed by atoms with Crippen LogP contribution in [0.2, 0.25) is 0 Å². The maximum absolute atomic E-state index is 12.0. The number of amidine groups is 1. The van der Waals surface area contributed by atoms with Crippen LogP contribution in [-0.2, 0) is 4.74 Å². The van der Waals surface area contributed by atoms with Crippen LogP contribution in [0.3, 0.4) is 0 Å². The number of hydrogen-bond acceptors (Lipinski definition) is 7. The molecule has 1 saturated heterocycles. The molecule has 2 heterocycles. The Morgan fingerprint density at radius 1 is 1.00 bits per heavy atom. The van der Waals surface area contributed by atoms with E-state index in [4.69, 9.17) is 15.6 Å². The molecule has 2 aromatic rings. The lowest BCUT2D eigenvalue weighted by atomic mass is 10.1. The quantitative estimate of drug-likeness (QED) is 0.220. The van der Waals surface area contributed by atoms with Crippen LogP contribution in [0.4, 0.5) is 4.79 Å². The number of carbonyl (C=O) groups excluding carboxylic acids is 4. The standard InChI is InChI=1S/C13H21N3O2.C8H6O2.C8H8O.C3H8.CH4O/c1-3-4-5-10-6-7-12(18-10)16(2)9-8-11(14)15-13(16)17;9-5-7-3-1-2-4-8(7)6-10;1-7(9)8-5-3-2-4-6-8;1-3-2;1-2/h8-10,12H,3-7H2,1-2H3,(H-,14,15,17);1-6H;2-6H,1H3;3H2,1-2H3;2H,1H3/p+1. The van der Waals surface area contributed by atoms with Gasteiger partial charge < -0.3 is 15.6 Å². The normalized spacial score (nSPS) is 20.0. The number of ether oxygens (including phenoxy) is 1. The molecule has 230 valence electrons. The van der Waals surface area contributed by atoms with Crippen LogP contribution in [0.15, 0.2) is 71.9 Å². The van der Waals surface area contributed by atoms with Gasteiger partial charge in [-0.3, -0.25) is 14.4 Å². The van der Waals surface area contributed by atoms with Gasteiger partial charge in [0, 0.05) is 36.3 Å². The van der Waals surface area contributed by atoms with Gasteiger partial charge in [-0.1, -0.05) is 94.6 Å². The number of rotatable bonds is 7. The fourth-order valence-corrected chi connectivity index (χ4v) is 3.89. The molecule has 0 spiro atoms. The summed E-state index contributed by atoms with van der Waals surface area (Å²) in [5, 5.41) is 7.00. The summed E-state index contributed by atoms with van der Waals surface area (Å²) < 4.78 is 6.09. The Morgan fingerprint density at radius 3 is 1.95 bits per heavy atom. The van der Waals surface area contributed by atoms with Crippen LogP contribution in [0.5, 0.6) is 0 Å². The molecular weight excluding hydrogens is 534 g/mol. The van der Waals surface area contributed by atoms with Gasteiger partial charge in [0.15, 0.2) is 18.4 Å². The lowest BCUT2D eigenvalue weighted by Crippen LogP contribution is -2.53. The fourth-order valence-electron chi connectivity index (χ4n) is 3.89. The molecular formula is C33H48N3O6+. The topological polar surface area (TPSA) is 136 Å². The number of Topliss-reactive ketones (excluding diaryl/α,β-unsaturated/α-hetero) is 1. The number of ketones is 1. The summed E-state index contributed by atoms with van der Waals surface area (Å²) in [5.41, 5.74) is 7.19. The van der Waals surface area contributed by atoms with Gasteiger partial charge in [0.1, 0.15) is 12.0 Å². The van der Waals surface area contributed by atoms with Crippen LogP contribution in [-0.4, -0.2) is 66.3 Å². The average Bonchev–Trinajstić information content (AvgIpc) is 3.50. The van der Waals surface area contributed by atoms with E-state index in [0.717, 1.165) is 31.9 Å². The molecule has 0 radical (unpaired) electrons. The highest BCUT2D eigenvalue weighted by Crippen LogP contribution is 2.31. The number of aliphatic imine (C=N–C) groups is 1. The number of aliphatic hydroxyl groups excluding tert-OH is 1. The van der Waals surface area contributed by atoms with Gasteiger partial charge in [-0.05, 0) is 19.8 Å². The summed E-state index contributed by atoms with van der Waals surface area (Å²) in [6.07, 6.45) is 11.6. The third-order valence-electron chi connectivity index (χ3n) is 6.19. The maximum Gasteiger partial charge on any atom is 0.451 e. The number of aliphatic hydroxyl groups is 1. The second-order valence-electron chi connectivity index (χ2n) is 9.71. The van der Waals surface area contributed by atoms with Crippen molar-refractivity contribution in [3.63, 3.8) is 0 Å². The van der Waals surface area contributed by atoms with Crippen LogP contribution in [0, 0.1) is 0 Å². The highest BCUT2D eigenvalue weighted by Gasteiger charge is 2.45. The lowest BCUT2D eigenvalue weighted by Gasteiger charge is -2.32. The molecule has 0 aromatic heterocycles. The Labute approximate surface area is 250 Å². The van der Waals surface area contributed by atoms with E-state index in [1.165, 1.54) is 19.3 Å². The van der Waals surface area contributed by atoms with Crippen LogP contribution < -0.4 is 5.73 Å². The Kier molecular flexibility index (Phi) is 19.9. The van der Waals surface area contributed by atoms with Crippen molar-refractivity contribution < 1.29 is 33.5 Å². The second kappa shape index (κ2) is 21.9. The molecule has 9 nitrogen and oxygen atoms in total. The summed E-state index contributed by atoms with van der Waals surface area (Å²) >= 11 is 0. The number of urea groups is 1. The molecule has 0 bridgehead atoms. The average molecular weight is 583 g/mol. The predicted octanol–water partition coefficient (Wildman–Crippen LogP) is 6.36. The minimum absolute atomic E-state index is 0.0866. The van der Waals surface area contributed by atoms with E-state index < -0.39 is 0 Å². The van der Waals surface area contributed by atoms with Crippen molar-refractivity contribution in [2.24, 2.45) is 10.7 Å². The molecule has 3 N–H and O–H groups in total. The molecule has 42 heavy (non-hydrogen) atoms. The fraction of sp³-hybridized carbons (Fsp3) is 0.424. The summed E-state index contributed by atoms with van der Waals surface area (Å²) in [6.45, 7) is 7.99. The first kappa shape index (κ1) is 38.2. The molecule has 1 fully saturated rings. The van der Waals surface area contributed by atoms with Crippen molar-refractivity contribution in [1.29, 1.82) is 0 Å². The first-order valence-electron chi connectivity index (χ1n) is 14.3. The monoisotopic (exact) mass is 582 g/mol. The maximum atomic E-state index is 12.0. The number of amides is 2. The van der Waals surface area contributed by atoms with E-state index in [9.17, 15) is 19.2 Å². The molecule has 2 amide bonds. The molecule has 3 unspecified atom stereocenters.